The van der Waals surface area contributed by atoms with Crippen molar-refractivity contribution in [3.63, 3.8) is 0 Å². The number of amides is 2. The number of nitrogens with zero attached hydrogens (tertiary/aromatic N) is 4. The van der Waals surface area contributed by atoms with E-state index in [-0.39, 0.29) is 6.03 Å². The summed E-state index contributed by atoms with van der Waals surface area (Å²) in [6.07, 6.45) is 7.06. The van der Waals surface area contributed by atoms with Crippen molar-refractivity contribution in [1.29, 1.82) is 0 Å². The van der Waals surface area contributed by atoms with Crippen LogP contribution in [0, 0.1) is 0 Å². The number of aryl methyl sites for hydroxylation is 1. The minimum atomic E-state index is -0.472. The van der Waals surface area contributed by atoms with E-state index in [4.69, 9.17) is 17.0 Å². The van der Waals surface area contributed by atoms with E-state index in [0.29, 0.717) is 29.1 Å². The van der Waals surface area contributed by atoms with Crippen LogP contribution < -0.4 is 4.90 Å². The van der Waals surface area contributed by atoms with Crippen LogP contribution in [0.5, 0.6) is 0 Å². The summed E-state index contributed by atoms with van der Waals surface area (Å²) < 4.78 is 6.18. The first-order chi connectivity index (χ1) is 14.6. The van der Waals surface area contributed by atoms with Gasteiger partial charge in [-0.2, -0.15) is 0 Å². The summed E-state index contributed by atoms with van der Waals surface area (Å²) >= 11 is 7.11. The number of aromatic nitrogens is 2. The van der Waals surface area contributed by atoms with Gasteiger partial charge in [0, 0.05) is 31.5 Å². The Bertz CT molecular complexity index is 910. The van der Waals surface area contributed by atoms with Crippen molar-refractivity contribution in [2.75, 3.05) is 18.5 Å². The Kier molecular flexibility index (Phi) is 6.63. The van der Waals surface area contributed by atoms with Gasteiger partial charge < -0.3 is 9.64 Å². The fourth-order valence-electron chi connectivity index (χ4n) is 4.15. The van der Waals surface area contributed by atoms with Crippen LogP contribution in [0.4, 0.5) is 9.93 Å². The molecule has 1 aromatic carbocycles. The molecule has 0 N–H and O–H groups in total. The Morgan fingerprint density at radius 3 is 2.83 bits per heavy atom. The molecule has 6 nitrogen and oxygen atoms in total. The summed E-state index contributed by atoms with van der Waals surface area (Å²) in [6, 6.07) is 8.03. The minimum Gasteiger partial charge on any atom is -0.459 e. The number of carbonyl (C=O) groups excluding carboxylic acids is 1. The maximum absolute atomic E-state index is 13.0. The van der Waals surface area contributed by atoms with Crippen molar-refractivity contribution in [3.05, 3.63) is 40.4 Å². The fourth-order valence-corrected chi connectivity index (χ4v) is 5.43. The van der Waals surface area contributed by atoms with Gasteiger partial charge in [-0.25, -0.2) is 9.69 Å². The van der Waals surface area contributed by atoms with Gasteiger partial charge in [0.05, 0.1) is 0 Å². The smallest absolute Gasteiger partial charge is 0.329 e. The number of carbonyl (C=O) groups is 1. The van der Waals surface area contributed by atoms with Crippen LogP contribution in [0.3, 0.4) is 0 Å². The third kappa shape index (κ3) is 4.49. The zero-order chi connectivity index (χ0) is 21.1. The summed E-state index contributed by atoms with van der Waals surface area (Å²) in [5, 5.41) is 10.8. The molecule has 1 saturated heterocycles. The summed E-state index contributed by atoms with van der Waals surface area (Å²) in [7, 11) is 1.80. The molecule has 1 saturated carbocycles. The summed E-state index contributed by atoms with van der Waals surface area (Å²) in [6.45, 7) is 2.78. The van der Waals surface area contributed by atoms with E-state index in [1.807, 2.05) is 12.1 Å². The summed E-state index contributed by atoms with van der Waals surface area (Å²) in [5.74, 6) is 0.468. The maximum Gasteiger partial charge on any atom is 0.329 e. The first kappa shape index (κ1) is 21.2. The topological polar surface area (TPSA) is 58.6 Å². The second-order valence-electron chi connectivity index (χ2n) is 8.08. The summed E-state index contributed by atoms with van der Waals surface area (Å²) in [4.78, 5) is 16.3. The van der Waals surface area contributed by atoms with E-state index in [1.54, 1.807) is 16.8 Å². The highest BCUT2D eigenvalue weighted by atomic mass is 32.1. The molecule has 2 fully saturated rings. The number of hydrogen-bond donors (Lipinski definition) is 0. The van der Waals surface area contributed by atoms with E-state index >= 15 is 0 Å². The molecule has 1 unspecified atom stereocenters. The predicted molar refractivity (Wildman–Crippen MR) is 123 cm³/mol. The molecule has 1 aliphatic carbocycles. The van der Waals surface area contributed by atoms with Gasteiger partial charge in [0.1, 0.15) is 5.01 Å². The number of anilines is 1. The lowest BCUT2D eigenvalue weighted by atomic mass is 10.1. The highest BCUT2D eigenvalue weighted by molar-refractivity contribution is 7.80. The molecule has 160 valence electrons. The van der Waals surface area contributed by atoms with Gasteiger partial charge >= 0.3 is 6.03 Å². The number of hydrogen-bond acceptors (Lipinski definition) is 6. The standard InChI is InChI=1S/C22H28N4O2S2/c1-3-7-15-8-6-11-17(14-15)20(29)28-18-12-13-25(2)22(27)26(18)21-24-23-19(30-21)16-9-4-5-10-16/h6,8,11,14,16,18H,3-5,7,9-10,12-13H2,1-2H3. The Morgan fingerprint density at radius 1 is 1.27 bits per heavy atom. The largest absolute Gasteiger partial charge is 0.459 e. The molecule has 0 bridgehead atoms. The molecule has 1 aromatic heterocycles. The molecule has 0 radical (unpaired) electrons. The van der Waals surface area contributed by atoms with Gasteiger partial charge in [-0.15, -0.1) is 10.2 Å². The molecular formula is C22H28N4O2S2. The normalized spacial score (nSPS) is 20.1. The molecule has 30 heavy (non-hydrogen) atoms. The lowest BCUT2D eigenvalue weighted by molar-refractivity contribution is 0.128. The number of urea groups is 1. The lowest BCUT2D eigenvalue weighted by Crippen LogP contribution is -2.54. The van der Waals surface area contributed by atoms with Gasteiger partial charge in [0.25, 0.3) is 0 Å². The number of benzene rings is 1. The van der Waals surface area contributed by atoms with Gasteiger partial charge in [-0.1, -0.05) is 55.7 Å². The molecule has 8 heteroatoms. The van der Waals surface area contributed by atoms with Crippen molar-refractivity contribution in [2.45, 2.75) is 64.0 Å². The monoisotopic (exact) mass is 444 g/mol. The third-order valence-corrected chi connectivity index (χ3v) is 7.23. The van der Waals surface area contributed by atoms with Gasteiger partial charge in [-0.3, -0.25) is 0 Å². The lowest BCUT2D eigenvalue weighted by Gasteiger charge is -2.37. The molecule has 2 aromatic rings. The quantitative estimate of drug-likeness (QED) is 0.578. The highest BCUT2D eigenvalue weighted by Crippen LogP contribution is 2.38. The SMILES string of the molecule is CCCc1cccc(C(=S)OC2CCN(C)C(=O)N2c2nnc(C3CCCC3)s2)c1. The first-order valence-electron chi connectivity index (χ1n) is 10.7. The highest BCUT2D eigenvalue weighted by Gasteiger charge is 2.37. The van der Waals surface area contributed by atoms with E-state index in [0.717, 1.165) is 36.3 Å². The second-order valence-corrected chi connectivity index (χ2v) is 9.44. The molecule has 2 heterocycles. The molecule has 2 aliphatic rings. The van der Waals surface area contributed by atoms with Crippen molar-refractivity contribution in [1.82, 2.24) is 15.1 Å². The van der Waals surface area contributed by atoms with E-state index in [9.17, 15) is 4.79 Å². The molecule has 0 spiro atoms. The zero-order valence-electron chi connectivity index (χ0n) is 17.5. The van der Waals surface area contributed by atoms with E-state index < -0.39 is 6.23 Å². The van der Waals surface area contributed by atoms with Crippen LogP contribution in [-0.2, 0) is 11.2 Å². The Hall–Kier alpha value is -2.06. The van der Waals surface area contributed by atoms with Crippen molar-refractivity contribution in [3.8, 4) is 0 Å². The van der Waals surface area contributed by atoms with Crippen LogP contribution in [-0.4, -0.2) is 46.0 Å². The van der Waals surface area contributed by atoms with Crippen LogP contribution in [0.25, 0.3) is 0 Å². The van der Waals surface area contributed by atoms with E-state index in [2.05, 4.69) is 29.3 Å². The molecule has 4 rings (SSSR count). The van der Waals surface area contributed by atoms with Crippen molar-refractivity contribution >= 4 is 39.8 Å². The maximum atomic E-state index is 13.0. The predicted octanol–water partition coefficient (Wildman–Crippen LogP) is 5.13. The molecular weight excluding hydrogens is 416 g/mol. The Balaban J connectivity index is 1.54. The van der Waals surface area contributed by atoms with Gasteiger partial charge in [0.15, 0.2) is 11.3 Å². The summed E-state index contributed by atoms with van der Waals surface area (Å²) in [5.41, 5.74) is 2.12. The van der Waals surface area contributed by atoms with Crippen LogP contribution in [0.15, 0.2) is 24.3 Å². The first-order valence-corrected chi connectivity index (χ1v) is 12.0. The average molecular weight is 445 g/mol. The van der Waals surface area contributed by atoms with Crippen LogP contribution >= 0.6 is 23.6 Å². The molecule has 1 atom stereocenters. The molecule has 1 aliphatic heterocycles. The van der Waals surface area contributed by atoms with Crippen LogP contribution in [0.2, 0.25) is 0 Å². The third-order valence-electron chi connectivity index (χ3n) is 5.82. The molecule has 2 amide bonds. The number of rotatable bonds is 6. The van der Waals surface area contributed by atoms with Crippen molar-refractivity contribution in [2.24, 2.45) is 0 Å². The number of thiocarbonyl (C=S) groups is 1. The minimum absolute atomic E-state index is 0.122. The van der Waals surface area contributed by atoms with E-state index in [1.165, 1.54) is 29.7 Å². The fraction of sp³-hybridized carbons (Fsp3) is 0.545. The Morgan fingerprint density at radius 2 is 2.07 bits per heavy atom. The Labute approximate surface area is 187 Å². The second kappa shape index (κ2) is 9.39. The van der Waals surface area contributed by atoms with Crippen molar-refractivity contribution < 1.29 is 9.53 Å². The zero-order valence-corrected chi connectivity index (χ0v) is 19.2. The van der Waals surface area contributed by atoms with Gasteiger partial charge in [-0.05, 0) is 43.1 Å². The van der Waals surface area contributed by atoms with Crippen LogP contribution in [0.1, 0.15) is 67.5 Å². The van der Waals surface area contributed by atoms with Gasteiger partial charge in [0.2, 0.25) is 5.13 Å². The number of ether oxygens (including phenoxy) is 1. The average Bonchev–Trinajstić information content (AvgIpc) is 3.43.